The molecule has 6 nitrogen and oxygen atoms in total. The van der Waals surface area contributed by atoms with E-state index in [9.17, 15) is 9.59 Å². The zero-order valence-corrected chi connectivity index (χ0v) is 10.5. The van der Waals surface area contributed by atoms with E-state index >= 15 is 0 Å². The maximum Gasteiger partial charge on any atom is 0.327 e. The molecule has 1 atom stereocenters. The Morgan fingerprint density at radius 2 is 2.12 bits per heavy atom. The van der Waals surface area contributed by atoms with Gasteiger partial charge in [0, 0.05) is 12.7 Å². The number of amides is 1. The van der Waals surface area contributed by atoms with E-state index < -0.39 is 17.9 Å². The van der Waals surface area contributed by atoms with Gasteiger partial charge < -0.3 is 10.4 Å². The topological polar surface area (TPSA) is 92.2 Å². The van der Waals surface area contributed by atoms with Crippen molar-refractivity contribution in [2.75, 3.05) is 5.75 Å². The normalized spacial score (nSPS) is 11.9. The molecule has 0 saturated heterocycles. The molecule has 0 aliphatic rings. The third-order valence-electron chi connectivity index (χ3n) is 1.65. The molecule has 0 aliphatic carbocycles. The van der Waals surface area contributed by atoms with Gasteiger partial charge in [-0.15, -0.1) is 0 Å². The van der Waals surface area contributed by atoms with Crippen LogP contribution in [0.2, 0.25) is 5.02 Å². The number of nitrogens with one attached hydrogen (secondary N) is 1. The predicted octanol–water partition coefficient (Wildman–Crippen LogP) is 0.811. The van der Waals surface area contributed by atoms with Crippen LogP contribution in [-0.2, 0) is 9.59 Å². The van der Waals surface area contributed by atoms with Crippen LogP contribution in [0.5, 0.6) is 0 Å². The molecule has 1 heterocycles. The summed E-state index contributed by atoms with van der Waals surface area (Å²) in [5, 5.41) is 12.0. The van der Waals surface area contributed by atoms with Gasteiger partial charge in [0.1, 0.15) is 6.04 Å². The summed E-state index contributed by atoms with van der Waals surface area (Å²) in [6.07, 6.45) is 2.84. The van der Waals surface area contributed by atoms with Crippen LogP contribution in [0.15, 0.2) is 17.6 Å². The molecule has 0 saturated carbocycles. The van der Waals surface area contributed by atoms with E-state index in [-0.39, 0.29) is 5.75 Å². The summed E-state index contributed by atoms with van der Waals surface area (Å²) in [7, 11) is 0. The molecular formula is C9H10ClN3O3S. The van der Waals surface area contributed by atoms with Gasteiger partial charge in [0.25, 0.3) is 0 Å². The number of rotatable bonds is 5. The molecule has 0 bridgehead atoms. The minimum atomic E-state index is -1.10. The third-order valence-corrected chi connectivity index (χ3v) is 2.82. The van der Waals surface area contributed by atoms with Crippen molar-refractivity contribution in [2.45, 2.75) is 18.1 Å². The van der Waals surface area contributed by atoms with Gasteiger partial charge in [0.15, 0.2) is 5.16 Å². The highest BCUT2D eigenvalue weighted by molar-refractivity contribution is 7.99. The summed E-state index contributed by atoms with van der Waals surface area (Å²) >= 11 is 6.74. The number of carbonyl (C=O) groups is 2. The van der Waals surface area contributed by atoms with Gasteiger partial charge in [-0.25, -0.2) is 14.8 Å². The second kappa shape index (κ2) is 6.41. The predicted molar refractivity (Wildman–Crippen MR) is 63.0 cm³/mol. The Balaban J connectivity index is 2.54. The van der Waals surface area contributed by atoms with Crippen LogP contribution in [0.3, 0.4) is 0 Å². The van der Waals surface area contributed by atoms with E-state index in [1.165, 1.54) is 19.3 Å². The van der Waals surface area contributed by atoms with E-state index in [1.807, 2.05) is 0 Å². The lowest BCUT2D eigenvalue weighted by atomic mass is 10.3. The summed E-state index contributed by atoms with van der Waals surface area (Å²) in [4.78, 5) is 29.4. The van der Waals surface area contributed by atoms with Crippen molar-refractivity contribution in [3.8, 4) is 0 Å². The van der Waals surface area contributed by atoms with E-state index in [0.717, 1.165) is 11.8 Å². The lowest BCUT2D eigenvalue weighted by molar-refractivity contribution is -0.140. The van der Waals surface area contributed by atoms with Crippen molar-refractivity contribution in [2.24, 2.45) is 0 Å². The molecule has 1 amide bonds. The van der Waals surface area contributed by atoms with Crippen molar-refractivity contribution < 1.29 is 14.7 Å². The van der Waals surface area contributed by atoms with Crippen LogP contribution >= 0.6 is 23.4 Å². The van der Waals surface area contributed by atoms with Gasteiger partial charge in [-0.2, -0.15) is 0 Å². The first kappa shape index (κ1) is 13.7. The van der Waals surface area contributed by atoms with Gasteiger partial charge in [0.2, 0.25) is 5.91 Å². The second-order valence-electron chi connectivity index (χ2n) is 3.09. The third kappa shape index (κ3) is 5.01. The summed E-state index contributed by atoms with van der Waals surface area (Å²) in [6, 6.07) is -0.961. The lowest BCUT2D eigenvalue weighted by Crippen LogP contribution is -2.41. The van der Waals surface area contributed by atoms with Gasteiger partial charge in [-0.3, -0.25) is 4.79 Å². The fourth-order valence-electron chi connectivity index (χ4n) is 0.953. The molecule has 0 radical (unpaired) electrons. The fraction of sp³-hybridized carbons (Fsp3) is 0.333. The zero-order chi connectivity index (χ0) is 12.8. The number of hydrogen-bond donors (Lipinski definition) is 2. The molecule has 1 aromatic rings. The molecule has 1 rings (SSSR count). The molecule has 0 aromatic carbocycles. The molecule has 0 fully saturated rings. The molecular weight excluding hydrogens is 266 g/mol. The Morgan fingerprint density at radius 1 is 1.53 bits per heavy atom. The molecule has 0 spiro atoms. The number of hydrogen-bond acceptors (Lipinski definition) is 5. The van der Waals surface area contributed by atoms with Crippen molar-refractivity contribution in [1.82, 2.24) is 15.3 Å². The number of aromatic nitrogens is 2. The van der Waals surface area contributed by atoms with Gasteiger partial charge in [0.05, 0.1) is 17.4 Å². The summed E-state index contributed by atoms with van der Waals surface area (Å²) < 4.78 is 0. The Hall–Kier alpha value is -1.34. The zero-order valence-electron chi connectivity index (χ0n) is 8.88. The van der Waals surface area contributed by atoms with E-state index in [4.69, 9.17) is 16.7 Å². The van der Waals surface area contributed by atoms with Crippen molar-refractivity contribution in [3.05, 3.63) is 17.4 Å². The Kier molecular flexibility index (Phi) is 5.17. The lowest BCUT2D eigenvalue weighted by Gasteiger charge is -2.11. The molecule has 1 aromatic heterocycles. The Labute approximate surface area is 107 Å². The molecule has 92 valence electrons. The maximum atomic E-state index is 10.8. The van der Waals surface area contributed by atoms with Crippen molar-refractivity contribution in [1.29, 1.82) is 0 Å². The average molecular weight is 276 g/mol. The van der Waals surface area contributed by atoms with Crippen LogP contribution < -0.4 is 5.32 Å². The fourth-order valence-corrected chi connectivity index (χ4v) is 1.85. The Bertz CT molecular complexity index is 412. The SMILES string of the molecule is CC(=O)N[C@@H](CSc1ncc(Cl)cn1)C(=O)O. The number of nitrogens with zero attached hydrogens (tertiary/aromatic N) is 2. The van der Waals surface area contributed by atoms with Gasteiger partial charge in [-0.05, 0) is 0 Å². The maximum absolute atomic E-state index is 10.8. The van der Waals surface area contributed by atoms with Crippen molar-refractivity contribution >= 4 is 35.2 Å². The number of carbonyl (C=O) groups excluding carboxylic acids is 1. The highest BCUT2D eigenvalue weighted by Crippen LogP contribution is 2.15. The number of halogens is 1. The number of carboxylic acids is 1. The first-order valence-corrected chi connectivity index (χ1v) is 5.95. The summed E-state index contributed by atoms with van der Waals surface area (Å²) in [6.45, 7) is 1.26. The number of aliphatic carboxylic acids is 1. The molecule has 0 aliphatic heterocycles. The standard InChI is InChI=1S/C9H10ClN3O3S/c1-5(14)13-7(8(15)16)4-17-9-11-2-6(10)3-12-9/h2-3,7H,4H2,1H3,(H,13,14)(H,15,16)/t7-/m0/s1. The largest absolute Gasteiger partial charge is 0.480 e. The summed E-state index contributed by atoms with van der Waals surface area (Å²) in [5.74, 6) is -1.34. The van der Waals surface area contributed by atoms with Gasteiger partial charge in [-0.1, -0.05) is 23.4 Å². The smallest absolute Gasteiger partial charge is 0.327 e. The number of carboxylic acid groups (broad SMARTS) is 1. The van der Waals surface area contributed by atoms with E-state index in [2.05, 4.69) is 15.3 Å². The van der Waals surface area contributed by atoms with Crippen LogP contribution in [0.25, 0.3) is 0 Å². The highest BCUT2D eigenvalue weighted by Gasteiger charge is 2.18. The minimum absolute atomic E-state index is 0.149. The molecule has 17 heavy (non-hydrogen) atoms. The van der Waals surface area contributed by atoms with E-state index in [1.54, 1.807) is 0 Å². The first-order chi connectivity index (χ1) is 7.99. The monoisotopic (exact) mass is 275 g/mol. The Morgan fingerprint density at radius 3 is 2.59 bits per heavy atom. The minimum Gasteiger partial charge on any atom is -0.480 e. The first-order valence-electron chi connectivity index (χ1n) is 4.59. The molecule has 0 unspecified atom stereocenters. The van der Waals surface area contributed by atoms with Crippen LogP contribution in [0.4, 0.5) is 0 Å². The average Bonchev–Trinajstić information content (AvgIpc) is 2.25. The van der Waals surface area contributed by atoms with E-state index in [0.29, 0.717) is 10.2 Å². The van der Waals surface area contributed by atoms with Crippen LogP contribution in [0, 0.1) is 0 Å². The highest BCUT2D eigenvalue weighted by atomic mass is 35.5. The summed E-state index contributed by atoms with van der Waals surface area (Å²) in [5.41, 5.74) is 0. The van der Waals surface area contributed by atoms with Crippen molar-refractivity contribution in [3.63, 3.8) is 0 Å². The molecule has 2 N–H and O–H groups in total. The van der Waals surface area contributed by atoms with Crippen LogP contribution in [0.1, 0.15) is 6.92 Å². The molecule has 8 heteroatoms. The van der Waals surface area contributed by atoms with Gasteiger partial charge >= 0.3 is 5.97 Å². The quantitative estimate of drug-likeness (QED) is 0.610. The number of thioether (sulfide) groups is 1. The second-order valence-corrected chi connectivity index (χ2v) is 4.51. The van der Waals surface area contributed by atoms with Crippen LogP contribution in [-0.4, -0.2) is 38.7 Å².